The third-order valence-corrected chi connectivity index (χ3v) is 12.9. The lowest BCUT2D eigenvalue weighted by atomic mass is 10.1. The fourth-order valence-corrected chi connectivity index (χ4v) is 8.96. The molecule has 27 nitrogen and oxygen atoms in total. The molecule has 31 heteroatoms. The summed E-state index contributed by atoms with van der Waals surface area (Å²) in [4.78, 5) is 36.2. The molecule has 0 fully saturated rings. The van der Waals surface area contributed by atoms with Crippen LogP contribution in [0.5, 0.6) is 17.4 Å². The molecule has 362 valence electrons. The van der Waals surface area contributed by atoms with E-state index < -0.39 is 122 Å². The number of aryl methyl sites for hydroxylation is 1. The number of thiazole rings is 1. The van der Waals surface area contributed by atoms with Crippen LogP contribution in [0, 0.1) is 6.92 Å². The maximum atomic E-state index is 13.0. The van der Waals surface area contributed by atoms with Gasteiger partial charge in [0, 0.05) is 16.8 Å². The summed E-state index contributed by atoms with van der Waals surface area (Å²) in [7, 11) is -15.6. The summed E-state index contributed by atoms with van der Waals surface area (Å²) in [6, 6.07) is 13.7. The zero-order valence-corrected chi connectivity index (χ0v) is 38.1. The number of aliphatic carboxylic acids is 1. The number of carboxylic acids is 3. The minimum Gasteiger partial charge on any atom is -0.505 e. The monoisotopic (exact) mass is 1040 g/mol. The summed E-state index contributed by atoms with van der Waals surface area (Å²) in [6.07, 6.45) is -0.884. The molecule has 0 saturated carbocycles. The molecular weight excluding hydrogens is 1010 g/mol. The fraction of sp³-hybridized carbons (Fsp3) is 0.103. The van der Waals surface area contributed by atoms with Gasteiger partial charge in [0.15, 0.2) is 11.4 Å². The number of aromatic hydroxyl groups is 2. The summed E-state index contributed by atoms with van der Waals surface area (Å²) in [6.45, 7) is 0.809. The number of fused-ring (bicyclic) bond motifs is 2. The van der Waals surface area contributed by atoms with E-state index in [2.05, 4.69) is 40.8 Å². The van der Waals surface area contributed by atoms with E-state index in [-0.39, 0.29) is 44.6 Å². The Morgan fingerprint density at radius 3 is 1.97 bits per heavy atom. The molecule has 0 saturated heterocycles. The van der Waals surface area contributed by atoms with Gasteiger partial charge in [-0.2, -0.15) is 35.0 Å². The number of ether oxygens (including phenoxy) is 1. The van der Waals surface area contributed by atoms with Crippen LogP contribution in [0.2, 0.25) is 0 Å². The zero-order valence-electron chi connectivity index (χ0n) is 34.9. The summed E-state index contributed by atoms with van der Waals surface area (Å²) < 4.78 is 112. The zero-order chi connectivity index (χ0) is 51.0. The van der Waals surface area contributed by atoms with Crippen LogP contribution in [0.15, 0.2) is 113 Å². The van der Waals surface area contributed by atoms with E-state index >= 15 is 0 Å². The number of phenols is 1. The molecule has 5 aromatic carbocycles. The molecule has 0 aliphatic rings. The minimum atomic E-state index is -5.51. The number of aromatic nitrogens is 3. The Balaban J connectivity index is 1.31. The first-order chi connectivity index (χ1) is 32.8. The number of benzene rings is 5. The van der Waals surface area contributed by atoms with E-state index in [4.69, 9.17) is 4.74 Å². The summed E-state index contributed by atoms with van der Waals surface area (Å²) in [5.74, 6) is -7.14. The smallest absolute Gasteiger partial charge is 0.335 e. The van der Waals surface area contributed by atoms with Gasteiger partial charge in [-0.3, -0.25) is 18.5 Å². The predicted molar refractivity (Wildman–Crippen MR) is 241 cm³/mol. The van der Waals surface area contributed by atoms with Gasteiger partial charge in [-0.1, -0.05) is 11.3 Å². The van der Waals surface area contributed by atoms with Gasteiger partial charge in [-0.05, 0) is 79.2 Å². The first-order valence-electron chi connectivity index (χ1n) is 19.0. The molecule has 0 aliphatic carbocycles. The molecule has 8 N–H and O–H groups in total. The topological polar surface area (TPSA) is 430 Å². The second-order valence-corrected chi connectivity index (χ2v) is 19.6. The summed E-state index contributed by atoms with van der Waals surface area (Å²) >= 11 is 1.01. The molecule has 0 aliphatic heterocycles. The molecule has 0 bridgehead atoms. The van der Waals surface area contributed by atoms with Crippen molar-refractivity contribution in [3.05, 3.63) is 95.2 Å². The van der Waals surface area contributed by atoms with Crippen molar-refractivity contribution in [2.75, 3.05) is 12.4 Å². The fourth-order valence-electron chi connectivity index (χ4n) is 6.37. The van der Waals surface area contributed by atoms with E-state index in [9.17, 15) is 78.8 Å². The number of nitrogens with zero attached hydrogens (tertiary/aromatic N) is 9. The van der Waals surface area contributed by atoms with Gasteiger partial charge < -0.3 is 30.3 Å². The molecule has 0 unspecified atom stereocenters. The average Bonchev–Trinajstić information content (AvgIpc) is 3.82. The Bertz CT molecular complexity index is 3780. The Morgan fingerprint density at radius 2 is 1.34 bits per heavy atom. The van der Waals surface area contributed by atoms with Crippen molar-refractivity contribution < 1.29 is 83.6 Å². The van der Waals surface area contributed by atoms with E-state index in [1.807, 2.05) is 0 Å². The van der Waals surface area contributed by atoms with Gasteiger partial charge in [0.2, 0.25) is 11.0 Å². The van der Waals surface area contributed by atoms with Crippen LogP contribution in [-0.4, -0.2) is 109 Å². The van der Waals surface area contributed by atoms with E-state index in [1.165, 1.54) is 49.4 Å². The summed E-state index contributed by atoms with van der Waals surface area (Å²) in [5, 5.41) is 76.9. The Labute approximate surface area is 395 Å². The molecule has 7 rings (SSSR count). The highest BCUT2D eigenvalue weighted by Gasteiger charge is 2.29. The molecule has 0 atom stereocenters. The van der Waals surface area contributed by atoms with Crippen LogP contribution in [0.4, 0.5) is 33.6 Å². The first-order valence-corrected chi connectivity index (χ1v) is 24.4. The van der Waals surface area contributed by atoms with Crippen LogP contribution < -0.4 is 4.74 Å². The molecule has 2 aromatic heterocycles. The van der Waals surface area contributed by atoms with Crippen molar-refractivity contribution in [2.45, 2.75) is 23.1 Å². The lowest BCUT2D eigenvalue weighted by Crippen LogP contribution is -2.12. The van der Waals surface area contributed by atoms with Crippen molar-refractivity contribution in [3.8, 4) is 23.1 Å². The Morgan fingerprint density at radius 1 is 0.700 bits per heavy atom. The molecule has 0 spiro atoms. The van der Waals surface area contributed by atoms with Gasteiger partial charge in [-0.15, -0.1) is 30.7 Å². The number of phenolic OH excluding ortho intramolecular Hbond substituents is 1. The molecule has 7 aromatic rings. The number of hydrogen-bond acceptors (Lipinski definition) is 21. The number of carbonyl (C=O) groups is 3. The standard InChI is InChI=1S/C39H29N9O18S4/c1-17-12-26(28(66-10-11-68(57,58)59)15-25(17)42-46-39-40-23-8-4-19(38(55)56)13-29(23)67-39)43-45-33-30(69(60,61)62)14-22-21(34(33)51)7-9-24(35(22)70(63,64)65)41-44-32-27(16-31(49)50)47-48(36(32)52)20-5-2-18(3-6-20)37(53)54/h2-9,12-15,51-52H,10-11,16H2,1H3,(H,49,50)(H,53,54)(H,55,56)(H,57,58,59)(H,60,61,62)(H,63,64,65). The van der Waals surface area contributed by atoms with Crippen LogP contribution in [0.3, 0.4) is 0 Å². The largest absolute Gasteiger partial charge is 0.505 e. The third kappa shape index (κ3) is 10.9. The van der Waals surface area contributed by atoms with Crippen LogP contribution >= 0.6 is 11.3 Å². The predicted octanol–water partition coefficient (Wildman–Crippen LogP) is 7.38. The lowest BCUT2D eigenvalue weighted by Gasteiger charge is -2.13. The number of rotatable bonds is 17. The average molecular weight is 1040 g/mol. The van der Waals surface area contributed by atoms with E-state index in [0.717, 1.165) is 40.3 Å². The van der Waals surface area contributed by atoms with E-state index in [1.54, 1.807) is 0 Å². The normalized spacial score (nSPS) is 12.5. The third-order valence-electron chi connectivity index (χ3n) is 9.54. The van der Waals surface area contributed by atoms with Crippen LogP contribution in [0.1, 0.15) is 32.0 Å². The van der Waals surface area contributed by atoms with Crippen LogP contribution in [-0.2, 0) is 41.6 Å². The highest BCUT2D eigenvalue weighted by molar-refractivity contribution is 7.86. The number of azo groups is 3. The van der Waals surface area contributed by atoms with Gasteiger partial charge in [0.25, 0.3) is 30.4 Å². The number of carboxylic acid groups (broad SMARTS) is 3. The maximum absolute atomic E-state index is 13.0. The Hall–Kier alpha value is -8.20. The van der Waals surface area contributed by atoms with E-state index in [0.29, 0.717) is 16.3 Å². The minimum absolute atomic E-state index is 0.00888. The quantitative estimate of drug-likeness (QED) is 0.0325. The van der Waals surface area contributed by atoms with Crippen molar-refractivity contribution in [3.63, 3.8) is 0 Å². The SMILES string of the molecule is Cc1cc(N=Nc2c(S(=O)(=O)O)cc3c(S(=O)(=O)O)c(N=Nc4c(CC(=O)O)nn(-c5ccc(C(=O)O)cc5)c4O)ccc3c2O)c(OCCS(=O)(=O)O)cc1N=Nc1nc2ccc(C(=O)O)cc2s1. The van der Waals surface area contributed by atoms with Crippen molar-refractivity contribution >= 4 is 114 Å². The molecular formula is C39H29N9O18S4. The van der Waals surface area contributed by atoms with Crippen molar-refractivity contribution in [2.24, 2.45) is 30.7 Å². The highest BCUT2D eigenvalue weighted by atomic mass is 32.2. The number of aromatic carboxylic acids is 2. The molecule has 2 heterocycles. The van der Waals surface area contributed by atoms with Gasteiger partial charge in [0.1, 0.15) is 50.7 Å². The highest BCUT2D eigenvalue weighted by Crippen LogP contribution is 2.47. The molecule has 0 amide bonds. The number of hydrogen-bond donors (Lipinski definition) is 8. The summed E-state index contributed by atoms with van der Waals surface area (Å²) in [5.41, 5.74) is -2.51. The second kappa shape index (κ2) is 19.1. The maximum Gasteiger partial charge on any atom is 0.335 e. The molecule has 0 radical (unpaired) electrons. The first kappa shape index (κ1) is 49.7. The van der Waals surface area contributed by atoms with Crippen molar-refractivity contribution in [1.82, 2.24) is 14.8 Å². The second-order valence-electron chi connectivity index (χ2n) is 14.3. The Kier molecular flexibility index (Phi) is 13.5. The van der Waals surface area contributed by atoms with Crippen molar-refractivity contribution in [1.29, 1.82) is 0 Å². The van der Waals surface area contributed by atoms with Gasteiger partial charge in [-0.25, -0.2) is 14.6 Å². The van der Waals surface area contributed by atoms with Gasteiger partial charge >= 0.3 is 17.9 Å². The van der Waals surface area contributed by atoms with Crippen LogP contribution in [0.25, 0.3) is 26.7 Å². The lowest BCUT2D eigenvalue weighted by molar-refractivity contribution is -0.136. The van der Waals surface area contributed by atoms with Gasteiger partial charge in [0.05, 0.1) is 39.1 Å². The molecule has 70 heavy (non-hydrogen) atoms.